The third-order valence-corrected chi connectivity index (χ3v) is 4.12. The molecular formula is C21H22FN3O2. The summed E-state index contributed by atoms with van der Waals surface area (Å²) < 4.78 is 20.3. The van der Waals surface area contributed by atoms with Crippen LogP contribution in [-0.2, 0) is 11.3 Å². The molecule has 1 heterocycles. The lowest BCUT2D eigenvalue weighted by Gasteiger charge is -2.09. The topological polar surface area (TPSA) is 56.2 Å². The number of nitrogens with one attached hydrogen (secondary N) is 1. The summed E-state index contributed by atoms with van der Waals surface area (Å²) in [4.78, 5) is 12.1. The standard InChI is InChI=1S/C21H22FN3O2/c1-15-5-6-16(2)20(12-15)24-21(26)4-3-11-25-14-19(13-23-25)27-18-9-7-17(22)8-10-18/h5-10,12-14H,3-4,11H2,1-2H3,(H,24,26). The van der Waals surface area contributed by atoms with Gasteiger partial charge in [0.2, 0.25) is 5.91 Å². The van der Waals surface area contributed by atoms with Crippen molar-refractivity contribution in [2.75, 3.05) is 5.32 Å². The zero-order valence-corrected chi connectivity index (χ0v) is 15.4. The van der Waals surface area contributed by atoms with Crippen molar-refractivity contribution < 1.29 is 13.9 Å². The average molecular weight is 367 g/mol. The Morgan fingerprint density at radius 1 is 1.15 bits per heavy atom. The van der Waals surface area contributed by atoms with Gasteiger partial charge in [-0.25, -0.2) is 4.39 Å². The maximum atomic E-state index is 12.9. The molecule has 2 aromatic carbocycles. The van der Waals surface area contributed by atoms with Crippen molar-refractivity contribution in [3.8, 4) is 11.5 Å². The molecule has 1 aromatic heterocycles. The molecule has 0 unspecified atom stereocenters. The first-order valence-electron chi connectivity index (χ1n) is 8.82. The van der Waals surface area contributed by atoms with Crippen molar-refractivity contribution >= 4 is 11.6 Å². The number of hydrogen-bond donors (Lipinski definition) is 1. The third-order valence-electron chi connectivity index (χ3n) is 4.12. The normalized spacial score (nSPS) is 10.6. The van der Waals surface area contributed by atoms with E-state index in [0.29, 0.717) is 30.9 Å². The van der Waals surface area contributed by atoms with Crippen molar-refractivity contribution in [2.45, 2.75) is 33.2 Å². The number of nitrogens with zero attached hydrogens (tertiary/aromatic N) is 2. The lowest BCUT2D eigenvalue weighted by Crippen LogP contribution is -2.13. The lowest BCUT2D eigenvalue weighted by molar-refractivity contribution is -0.116. The minimum Gasteiger partial charge on any atom is -0.454 e. The molecule has 0 saturated carbocycles. The SMILES string of the molecule is Cc1ccc(C)c(NC(=O)CCCn2cc(Oc3ccc(F)cc3)cn2)c1. The molecule has 1 amide bonds. The number of benzene rings is 2. The molecule has 0 fully saturated rings. The third kappa shape index (κ3) is 5.41. The number of ether oxygens (including phenoxy) is 1. The monoisotopic (exact) mass is 367 g/mol. The Hall–Kier alpha value is -3.15. The van der Waals surface area contributed by atoms with Gasteiger partial charge in [-0.1, -0.05) is 12.1 Å². The number of aryl methyl sites for hydroxylation is 3. The summed E-state index contributed by atoms with van der Waals surface area (Å²) >= 11 is 0. The summed E-state index contributed by atoms with van der Waals surface area (Å²) in [5.41, 5.74) is 3.01. The first-order valence-corrected chi connectivity index (χ1v) is 8.82. The van der Waals surface area contributed by atoms with Crippen LogP contribution in [0.5, 0.6) is 11.5 Å². The van der Waals surface area contributed by atoms with Crippen molar-refractivity contribution in [1.82, 2.24) is 9.78 Å². The molecule has 3 aromatic rings. The number of aromatic nitrogens is 2. The number of halogens is 1. The van der Waals surface area contributed by atoms with Gasteiger partial charge in [0, 0.05) is 18.7 Å². The molecule has 1 N–H and O–H groups in total. The van der Waals surface area contributed by atoms with Crippen LogP contribution in [-0.4, -0.2) is 15.7 Å². The predicted molar refractivity (Wildman–Crippen MR) is 102 cm³/mol. The van der Waals surface area contributed by atoms with E-state index in [1.165, 1.54) is 12.1 Å². The number of amides is 1. The second kappa shape index (κ2) is 8.49. The summed E-state index contributed by atoms with van der Waals surface area (Å²) in [6.45, 7) is 4.58. The van der Waals surface area contributed by atoms with Gasteiger partial charge in [0.15, 0.2) is 5.75 Å². The van der Waals surface area contributed by atoms with E-state index < -0.39 is 0 Å². The molecule has 0 radical (unpaired) electrons. The van der Waals surface area contributed by atoms with Crippen LogP contribution in [0.3, 0.4) is 0 Å². The fourth-order valence-corrected chi connectivity index (χ4v) is 2.64. The fourth-order valence-electron chi connectivity index (χ4n) is 2.64. The molecule has 0 saturated heterocycles. The van der Waals surface area contributed by atoms with Gasteiger partial charge in [0.1, 0.15) is 11.6 Å². The van der Waals surface area contributed by atoms with Crippen molar-refractivity contribution in [2.24, 2.45) is 0 Å². The van der Waals surface area contributed by atoms with Crippen LogP contribution in [0.15, 0.2) is 54.9 Å². The zero-order chi connectivity index (χ0) is 19.2. The molecule has 0 aliphatic heterocycles. The molecular weight excluding hydrogens is 345 g/mol. The van der Waals surface area contributed by atoms with Crippen LogP contribution < -0.4 is 10.1 Å². The average Bonchev–Trinajstić information content (AvgIpc) is 3.07. The van der Waals surface area contributed by atoms with Gasteiger partial charge in [-0.05, 0) is 61.7 Å². The Morgan fingerprint density at radius 3 is 2.70 bits per heavy atom. The predicted octanol–water partition coefficient (Wildman–Crippen LogP) is 4.85. The molecule has 140 valence electrons. The van der Waals surface area contributed by atoms with E-state index in [1.54, 1.807) is 29.2 Å². The van der Waals surface area contributed by atoms with Crippen LogP contribution in [0.25, 0.3) is 0 Å². The lowest BCUT2D eigenvalue weighted by atomic mass is 10.1. The Labute approximate surface area is 157 Å². The highest BCUT2D eigenvalue weighted by Gasteiger charge is 2.07. The zero-order valence-electron chi connectivity index (χ0n) is 15.4. The van der Waals surface area contributed by atoms with Gasteiger partial charge in [-0.15, -0.1) is 0 Å². The van der Waals surface area contributed by atoms with Crippen molar-refractivity contribution in [3.05, 3.63) is 71.8 Å². The van der Waals surface area contributed by atoms with Gasteiger partial charge in [0.25, 0.3) is 0 Å². The van der Waals surface area contributed by atoms with E-state index in [4.69, 9.17) is 4.74 Å². The first-order chi connectivity index (χ1) is 13.0. The van der Waals surface area contributed by atoms with E-state index >= 15 is 0 Å². The second-order valence-electron chi connectivity index (χ2n) is 6.47. The highest BCUT2D eigenvalue weighted by molar-refractivity contribution is 5.91. The van der Waals surface area contributed by atoms with Gasteiger partial charge in [0.05, 0.1) is 12.4 Å². The summed E-state index contributed by atoms with van der Waals surface area (Å²) in [7, 11) is 0. The van der Waals surface area contributed by atoms with Crippen molar-refractivity contribution in [3.63, 3.8) is 0 Å². The molecule has 3 rings (SSSR count). The van der Waals surface area contributed by atoms with Gasteiger partial charge in [-0.2, -0.15) is 5.10 Å². The fraction of sp³-hybridized carbons (Fsp3) is 0.238. The minimum absolute atomic E-state index is 0.0151. The van der Waals surface area contributed by atoms with Crippen LogP contribution in [0, 0.1) is 19.7 Å². The summed E-state index contributed by atoms with van der Waals surface area (Å²) in [5.74, 6) is 0.793. The Balaban J connectivity index is 1.46. The molecule has 0 bridgehead atoms. The van der Waals surface area contributed by atoms with Crippen molar-refractivity contribution in [1.29, 1.82) is 0 Å². The van der Waals surface area contributed by atoms with Crippen LogP contribution >= 0.6 is 0 Å². The number of hydrogen-bond acceptors (Lipinski definition) is 3. The van der Waals surface area contributed by atoms with Gasteiger partial charge >= 0.3 is 0 Å². The molecule has 0 spiro atoms. The van der Waals surface area contributed by atoms with E-state index in [0.717, 1.165) is 16.8 Å². The van der Waals surface area contributed by atoms with E-state index in [1.807, 2.05) is 32.0 Å². The van der Waals surface area contributed by atoms with Crippen LogP contribution in [0.1, 0.15) is 24.0 Å². The number of carbonyl (C=O) groups excluding carboxylic acids is 1. The van der Waals surface area contributed by atoms with Crippen LogP contribution in [0.4, 0.5) is 10.1 Å². The summed E-state index contributed by atoms with van der Waals surface area (Å²) in [6.07, 6.45) is 4.42. The second-order valence-corrected chi connectivity index (χ2v) is 6.47. The molecule has 6 heteroatoms. The molecule has 0 atom stereocenters. The van der Waals surface area contributed by atoms with Crippen LogP contribution in [0.2, 0.25) is 0 Å². The molecule has 5 nitrogen and oxygen atoms in total. The maximum Gasteiger partial charge on any atom is 0.224 e. The number of rotatable bonds is 7. The number of anilines is 1. The van der Waals surface area contributed by atoms with E-state index in [-0.39, 0.29) is 11.7 Å². The molecule has 0 aliphatic rings. The van der Waals surface area contributed by atoms with E-state index in [2.05, 4.69) is 10.4 Å². The Morgan fingerprint density at radius 2 is 1.93 bits per heavy atom. The molecule has 0 aliphatic carbocycles. The summed E-state index contributed by atoms with van der Waals surface area (Å²) in [5, 5.41) is 7.18. The van der Waals surface area contributed by atoms with E-state index in [9.17, 15) is 9.18 Å². The largest absolute Gasteiger partial charge is 0.454 e. The molecule has 27 heavy (non-hydrogen) atoms. The maximum absolute atomic E-state index is 12.9. The highest BCUT2D eigenvalue weighted by atomic mass is 19.1. The first kappa shape index (κ1) is 18.6. The smallest absolute Gasteiger partial charge is 0.224 e. The quantitative estimate of drug-likeness (QED) is 0.649. The van der Waals surface area contributed by atoms with Gasteiger partial charge < -0.3 is 10.1 Å². The highest BCUT2D eigenvalue weighted by Crippen LogP contribution is 2.21. The summed E-state index contributed by atoms with van der Waals surface area (Å²) in [6, 6.07) is 11.8. The number of carbonyl (C=O) groups is 1. The minimum atomic E-state index is -0.308. The van der Waals surface area contributed by atoms with Gasteiger partial charge in [-0.3, -0.25) is 9.48 Å². The Bertz CT molecular complexity index is 919. The Kier molecular flexibility index (Phi) is 5.86.